The molecule has 164 valence electrons. The summed E-state index contributed by atoms with van der Waals surface area (Å²) in [6.07, 6.45) is -3.98. The van der Waals surface area contributed by atoms with E-state index in [0.717, 1.165) is 12.1 Å². The van der Waals surface area contributed by atoms with Crippen LogP contribution in [-0.4, -0.2) is 60.4 Å². The second kappa shape index (κ2) is 7.64. The molecule has 0 bridgehead atoms. The van der Waals surface area contributed by atoms with Crippen molar-refractivity contribution in [3.05, 3.63) is 65.5 Å². The van der Waals surface area contributed by atoms with Crippen LogP contribution in [0.15, 0.2) is 48.5 Å². The van der Waals surface area contributed by atoms with Gasteiger partial charge in [0.2, 0.25) is 5.91 Å². The lowest BCUT2D eigenvalue weighted by Crippen LogP contribution is -2.64. The van der Waals surface area contributed by atoms with Gasteiger partial charge in [-0.1, -0.05) is 12.1 Å². The summed E-state index contributed by atoms with van der Waals surface area (Å²) in [7, 11) is 1.79. The molecule has 1 spiro atoms. The highest BCUT2D eigenvalue weighted by Crippen LogP contribution is 2.35. The molecular formula is C22H21F4N3O2. The zero-order chi connectivity index (χ0) is 22.4. The third-order valence-corrected chi connectivity index (χ3v) is 6.11. The summed E-state index contributed by atoms with van der Waals surface area (Å²) in [6.45, 7) is 0.975. The number of rotatable bonds is 2. The highest BCUT2D eigenvalue weighted by molar-refractivity contribution is 5.97. The predicted molar refractivity (Wildman–Crippen MR) is 106 cm³/mol. The van der Waals surface area contributed by atoms with Crippen molar-refractivity contribution < 1.29 is 27.2 Å². The monoisotopic (exact) mass is 435 g/mol. The smallest absolute Gasteiger partial charge is 0.337 e. The number of anilines is 1. The van der Waals surface area contributed by atoms with E-state index < -0.39 is 29.0 Å². The minimum absolute atomic E-state index is 0.0246. The third kappa shape index (κ3) is 4.01. The summed E-state index contributed by atoms with van der Waals surface area (Å²) in [4.78, 5) is 30.4. The molecule has 0 unspecified atom stereocenters. The number of nitrogens with zero attached hydrogens (tertiary/aromatic N) is 3. The van der Waals surface area contributed by atoms with Crippen molar-refractivity contribution >= 4 is 17.5 Å². The lowest BCUT2D eigenvalue weighted by atomic mass is 9.92. The van der Waals surface area contributed by atoms with Crippen LogP contribution in [0.25, 0.3) is 0 Å². The van der Waals surface area contributed by atoms with Gasteiger partial charge in [-0.2, -0.15) is 13.2 Å². The van der Waals surface area contributed by atoms with E-state index in [0.29, 0.717) is 18.7 Å². The lowest BCUT2D eigenvalue weighted by molar-refractivity contribution is -0.137. The first-order valence-corrected chi connectivity index (χ1v) is 9.83. The molecule has 2 saturated heterocycles. The SMILES string of the molecule is CN1CC(=O)N(c2cccc(F)c2)C[C@]12CCN(C(=O)c1cccc(C(F)(F)F)c1)C2. The van der Waals surface area contributed by atoms with Crippen LogP contribution in [0.4, 0.5) is 23.2 Å². The first kappa shape index (κ1) is 21.3. The average Bonchev–Trinajstić information content (AvgIpc) is 3.15. The fraction of sp³-hybridized carbons (Fsp3) is 0.364. The molecule has 0 radical (unpaired) electrons. The number of amides is 2. The third-order valence-electron chi connectivity index (χ3n) is 6.11. The molecule has 0 N–H and O–H groups in total. The standard InChI is InChI=1S/C22H21F4N3O2/c1-27-12-19(30)29(18-7-3-6-17(23)11-18)14-21(27)8-9-28(13-21)20(31)15-4-2-5-16(10-15)22(24,25)26/h2-7,10-11H,8-9,12-14H2,1H3/t21-/m1/s1. The molecule has 2 fully saturated rings. The zero-order valence-corrected chi connectivity index (χ0v) is 16.8. The predicted octanol–water partition coefficient (Wildman–Crippen LogP) is 3.41. The number of alkyl halides is 3. The van der Waals surface area contributed by atoms with E-state index in [4.69, 9.17) is 0 Å². The summed E-state index contributed by atoms with van der Waals surface area (Å²) in [6, 6.07) is 10.2. The minimum atomic E-state index is -4.53. The fourth-order valence-electron chi connectivity index (χ4n) is 4.32. The van der Waals surface area contributed by atoms with E-state index in [1.54, 1.807) is 13.1 Å². The van der Waals surface area contributed by atoms with E-state index in [1.165, 1.54) is 40.1 Å². The van der Waals surface area contributed by atoms with E-state index in [1.807, 2.05) is 4.90 Å². The molecule has 2 aliphatic rings. The molecule has 0 aliphatic carbocycles. The number of likely N-dealkylation sites (N-methyl/N-ethyl adjacent to an activating group) is 1. The number of hydrogen-bond acceptors (Lipinski definition) is 3. The Labute approximate surface area is 176 Å². The van der Waals surface area contributed by atoms with Crippen LogP contribution >= 0.6 is 0 Å². The molecule has 1 atom stereocenters. The molecule has 0 saturated carbocycles. The molecule has 2 aliphatic heterocycles. The number of carbonyl (C=O) groups excluding carboxylic acids is 2. The number of halogens is 4. The number of hydrogen-bond donors (Lipinski definition) is 0. The van der Waals surface area contributed by atoms with E-state index in [2.05, 4.69) is 0 Å². The average molecular weight is 435 g/mol. The quantitative estimate of drug-likeness (QED) is 0.680. The maximum atomic E-state index is 13.7. The van der Waals surface area contributed by atoms with Gasteiger partial charge in [-0.15, -0.1) is 0 Å². The van der Waals surface area contributed by atoms with Crippen LogP contribution in [0, 0.1) is 5.82 Å². The van der Waals surface area contributed by atoms with Crippen LogP contribution < -0.4 is 4.90 Å². The summed E-state index contributed by atoms with van der Waals surface area (Å²) in [5, 5.41) is 0. The Bertz CT molecular complexity index is 1030. The maximum Gasteiger partial charge on any atom is 0.416 e. The normalized spacial score (nSPS) is 22.4. The Morgan fingerprint density at radius 1 is 1.06 bits per heavy atom. The molecule has 9 heteroatoms. The number of likely N-dealkylation sites (tertiary alicyclic amines) is 1. The summed E-state index contributed by atoms with van der Waals surface area (Å²) in [5.41, 5.74) is -1.01. The topological polar surface area (TPSA) is 43.9 Å². The van der Waals surface area contributed by atoms with Gasteiger partial charge in [0, 0.05) is 30.9 Å². The van der Waals surface area contributed by atoms with Crippen molar-refractivity contribution in [2.24, 2.45) is 0 Å². The Hall–Kier alpha value is -2.94. The Balaban J connectivity index is 1.56. The van der Waals surface area contributed by atoms with Crippen molar-refractivity contribution in [3.63, 3.8) is 0 Å². The van der Waals surface area contributed by atoms with Gasteiger partial charge in [-0.05, 0) is 49.9 Å². The molecule has 31 heavy (non-hydrogen) atoms. The Morgan fingerprint density at radius 3 is 2.52 bits per heavy atom. The fourth-order valence-corrected chi connectivity index (χ4v) is 4.32. The molecule has 2 aromatic carbocycles. The van der Waals surface area contributed by atoms with E-state index in [-0.39, 0.29) is 31.1 Å². The van der Waals surface area contributed by atoms with E-state index >= 15 is 0 Å². The van der Waals surface area contributed by atoms with Gasteiger partial charge in [-0.3, -0.25) is 14.5 Å². The van der Waals surface area contributed by atoms with Gasteiger partial charge in [0.25, 0.3) is 5.91 Å². The van der Waals surface area contributed by atoms with Crippen LogP contribution in [0.3, 0.4) is 0 Å². The molecule has 0 aromatic heterocycles. The van der Waals surface area contributed by atoms with Crippen LogP contribution in [0.2, 0.25) is 0 Å². The number of piperazine rings is 1. The maximum absolute atomic E-state index is 13.7. The minimum Gasteiger partial charge on any atom is -0.337 e. The molecular weight excluding hydrogens is 414 g/mol. The van der Waals surface area contributed by atoms with Gasteiger partial charge in [0.05, 0.1) is 17.6 Å². The largest absolute Gasteiger partial charge is 0.416 e. The van der Waals surface area contributed by atoms with Crippen molar-refractivity contribution in [1.82, 2.24) is 9.80 Å². The van der Waals surface area contributed by atoms with Crippen LogP contribution in [0.5, 0.6) is 0 Å². The zero-order valence-electron chi connectivity index (χ0n) is 16.8. The first-order chi connectivity index (χ1) is 14.6. The second-order valence-corrected chi connectivity index (χ2v) is 8.10. The van der Waals surface area contributed by atoms with E-state index in [9.17, 15) is 27.2 Å². The van der Waals surface area contributed by atoms with Gasteiger partial charge in [0.1, 0.15) is 5.82 Å². The van der Waals surface area contributed by atoms with Gasteiger partial charge in [0.15, 0.2) is 0 Å². The van der Waals surface area contributed by atoms with Crippen molar-refractivity contribution in [2.75, 3.05) is 38.1 Å². The number of benzene rings is 2. The summed E-state index contributed by atoms with van der Waals surface area (Å²) < 4.78 is 52.7. The van der Waals surface area contributed by atoms with Crippen molar-refractivity contribution in [2.45, 2.75) is 18.1 Å². The number of carbonyl (C=O) groups is 2. The van der Waals surface area contributed by atoms with Gasteiger partial charge in [-0.25, -0.2) is 4.39 Å². The summed E-state index contributed by atoms with van der Waals surface area (Å²) >= 11 is 0. The van der Waals surface area contributed by atoms with Crippen molar-refractivity contribution in [3.8, 4) is 0 Å². The Morgan fingerprint density at radius 2 is 1.81 bits per heavy atom. The molecule has 4 rings (SSSR count). The second-order valence-electron chi connectivity index (χ2n) is 8.10. The molecule has 2 heterocycles. The molecule has 2 aromatic rings. The van der Waals surface area contributed by atoms with Crippen LogP contribution in [-0.2, 0) is 11.0 Å². The summed E-state index contributed by atoms with van der Waals surface area (Å²) in [5.74, 6) is -1.11. The Kier molecular flexibility index (Phi) is 5.25. The van der Waals surface area contributed by atoms with Gasteiger partial charge < -0.3 is 9.80 Å². The van der Waals surface area contributed by atoms with Crippen LogP contribution in [0.1, 0.15) is 22.3 Å². The highest BCUT2D eigenvalue weighted by atomic mass is 19.4. The first-order valence-electron chi connectivity index (χ1n) is 9.83. The van der Waals surface area contributed by atoms with Gasteiger partial charge >= 0.3 is 6.18 Å². The molecule has 5 nitrogen and oxygen atoms in total. The molecule has 2 amide bonds. The lowest BCUT2D eigenvalue weighted by Gasteiger charge is -2.46. The van der Waals surface area contributed by atoms with Crippen molar-refractivity contribution in [1.29, 1.82) is 0 Å². The highest BCUT2D eigenvalue weighted by Gasteiger charge is 2.49.